The first-order valence-electron chi connectivity index (χ1n) is 8.22. The number of carbonyl (C=O) groups excluding carboxylic acids is 1. The summed E-state index contributed by atoms with van der Waals surface area (Å²) < 4.78 is 50.2. The normalized spacial score (nSPS) is 14.3. The topological polar surface area (TPSA) is 84.9 Å². The molecular formula is C18H19FN2O5S. The minimum Gasteiger partial charge on any atom is -0.486 e. The molecule has 0 saturated heterocycles. The molecule has 0 fully saturated rings. The summed E-state index contributed by atoms with van der Waals surface area (Å²) >= 11 is 0. The molecule has 1 N–H and O–H groups in total. The molecule has 0 unspecified atom stereocenters. The molecule has 1 atom stereocenters. The summed E-state index contributed by atoms with van der Waals surface area (Å²) in [5.74, 6) is -0.292. The number of benzene rings is 2. The zero-order chi connectivity index (χ0) is 19.6. The lowest BCUT2D eigenvalue weighted by atomic mass is 10.2. The van der Waals surface area contributed by atoms with Gasteiger partial charge in [-0.2, -0.15) is 0 Å². The van der Waals surface area contributed by atoms with Gasteiger partial charge < -0.3 is 14.8 Å². The average Bonchev–Trinajstić information content (AvgIpc) is 2.62. The molecule has 7 nitrogen and oxygen atoms in total. The molecular weight excluding hydrogens is 375 g/mol. The van der Waals surface area contributed by atoms with Gasteiger partial charge in [-0.1, -0.05) is 12.1 Å². The van der Waals surface area contributed by atoms with Crippen molar-refractivity contribution in [3.63, 3.8) is 0 Å². The second kappa shape index (κ2) is 7.43. The minimum absolute atomic E-state index is 0.190. The monoisotopic (exact) mass is 394 g/mol. The van der Waals surface area contributed by atoms with E-state index in [1.807, 2.05) is 0 Å². The number of rotatable bonds is 5. The fourth-order valence-corrected chi connectivity index (χ4v) is 3.95. The predicted octanol–water partition coefficient (Wildman–Crippen LogP) is 2.39. The Labute approximate surface area is 156 Å². The number of fused-ring (bicyclic) bond motifs is 1. The van der Waals surface area contributed by atoms with Crippen LogP contribution in [-0.4, -0.2) is 39.8 Å². The standard InChI is InChI=1S/C18H19FN2O5S/c1-12(21(27(2,23)24)15-6-4-3-5-14(15)19)18(22)20-13-7-8-16-17(11-13)26-10-9-25-16/h3-8,11-12H,9-10H2,1-2H3,(H,20,22)/t12-/m0/s1. The largest absolute Gasteiger partial charge is 0.486 e. The lowest BCUT2D eigenvalue weighted by molar-refractivity contribution is -0.116. The molecule has 1 amide bonds. The number of anilines is 2. The number of carbonyl (C=O) groups is 1. The van der Waals surface area contributed by atoms with Gasteiger partial charge in [0.25, 0.3) is 0 Å². The van der Waals surface area contributed by atoms with E-state index >= 15 is 0 Å². The zero-order valence-electron chi connectivity index (χ0n) is 14.8. The van der Waals surface area contributed by atoms with E-state index < -0.39 is 27.8 Å². The maximum absolute atomic E-state index is 14.1. The van der Waals surface area contributed by atoms with Gasteiger partial charge >= 0.3 is 0 Å². The minimum atomic E-state index is -3.90. The van der Waals surface area contributed by atoms with Crippen LogP contribution >= 0.6 is 0 Å². The average molecular weight is 394 g/mol. The highest BCUT2D eigenvalue weighted by Gasteiger charge is 2.31. The molecule has 27 heavy (non-hydrogen) atoms. The highest BCUT2D eigenvalue weighted by atomic mass is 32.2. The van der Waals surface area contributed by atoms with Crippen LogP contribution in [0.1, 0.15) is 6.92 Å². The third kappa shape index (κ3) is 4.13. The van der Waals surface area contributed by atoms with Crippen LogP contribution < -0.4 is 19.1 Å². The Balaban J connectivity index is 1.85. The van der Waals surface area contributed by atoms with Gasteiger partial charge in [0, 0.05) is 11.8 Å². The maximum atomic E-state index is 14.1. The lowest BCUT2D eigenvalue weighted by Crippen LogP contribution is -2.45. The number of hydrogen-bond acceptors (Lipinski definition) is 5. The second-order valence-corrected chi connectivity index (χ2v) is 7.89. The van der Waals surface area contributed by atoms with E-state index in [1.54, 1.807) is 18.2 Å². The van der Waals surface area contributed by atoms with Crippen molar-refractivity contribution < 1.29 is 27.1 Å². The summed E-state index contributed by atoms with van der Waals surface area (Å²) in [6, 6.07) is 9.08. The van der Waals surface area contributed by atoms with Crippen LogP contribution in [0.15, 0.2) is 42.5 Å². The molecule has 1 aliphatic rings. The first kappa shape index (κ1) is 19.0. The van der Waals surface area contributed by atoms with E-state index in [0.717, 1.165) is 16.6 Å². The van der Waals surface area contributed by atoms with Crippen molar-refractivity contribution in [3.05, 3.63) is 48.3 Å². The van der Waals surface area contributed by atoms with Crippen molar-refractivity contribution in [2.45, 2.75) is 13.0 Å². The second-order valence-electron chi connectivity index (χ2n) is 6.03. The number of nitrogens with one attached hydrogen (secondary N) is 1. The van der Waals surface area contributed by atoms with Crippen molar-refractivity contribution >= 4 is 27.3 Å². The van der Waals surface area contributed by atoms with Crippen LogP contribution in [-0.2, 0) is 14.8 Å². The SMILES string of the molecule is C[C@@H](C(=O)Nc1ccc2c(c1)OCCO2)N(c1ccccc1F)S(C)(=O)=O. The van der Waals surface area contributed by atoms with Gasteiger partial charge in [0.2, 0.25) is 15.9 Å². The fourth-order valence-electron chi connectivity index (χ4n) is 2.78. The van der Waals surface area contributed by atoms with Crippen molar-refractivity contribution in [1.29, 1.82) is 0 Å². The molecule has 1 aliphatic heterocycles. The van der Waals surface area contributed by atoms with Crippen molar-refractivity contribution in [2.75, 3.05) is 29.1 Å². The van der Waals surface area contributed by atoms with E-state index in [1.165, 1.54) is 25.1 Å². The lowest BCUT2D eigenvalue weighted by Gasteiger charge is -2.28. The van der Waals surface area contributed by atoms with Gasteiger partial charge in [-0.15, -0.1) is 0 Å². The van der Waals surface area contributed by atoms with Gasteiger partial charge in [-0.05, 0) is 31.2 Å². The Kier molecular flexibility index (Phi) is 5.22. The molecule has 0 saturated carbocycles. The number of ether oxygens (including phenoxy) is 2. The van der Waals surface area contributed by atoms with E-state index in [9.17, 15) is 17.6 Å². The molecule has 2 aromatic rings. The van der Waals surface area contributed by atoms with E-state index in [-0.39, 0.29) is 5.69 Å². The third-order valence-electron chi connectivity index (χ3n) is 3.99. The van der Waals surface area contributed by atoms with Crippen LogP contribution in [0.25, 0.3) is 0 Å². The summed E-state index contributed by atoms with van der Waals surface area (Å²) in [4.78, 5) is 12.6. The smallest absolute Gasteiger partial charge is 0.247 e. The summed E-state index contributed by atoms with van der Waals surface area (Å²) in [6.07, 6.45) is 0.924. The van der Waals surface area contributed by atoms with Crippen LogP contribution in [0.4, 0.5) is 15.8 Å². The van der Waals surface area contributed by atoms with Crippen molar-refractivity contribution in [3.8, 4) is 11.5 Å². The zero-order valence-corrected chi connectivity index (χ0v) is 15.6. The summed E-state index contributed by atoms with van der Waals surface area (Å²) in [5, 5.41) is 2.63. The number of nitrogens with zero attached hydrogens (tertiary/aromatic N) is 1. The molecule has 0 radical (unpaired) electrons. The summed E-state index contributed by atoms with van der Waals surface area (Å²) in [5.41, 5.74) is 0.225. The Morgan fingerprint density at radius 2 is 1.81 bits per heavy atom. The Morgan fingerprint density at radius 3 is 2.48 bits per heavy atom. The van der Waals surface area contributed by atoms with Gasteiger partial charge in [0.15, 0.2) is 11.5 Å². The molecule has 0 aliphatic carbocycles. The third-order valence-corrected chi connectivity index (χ3v) is 5.22. The van der Waals surface area contributed by atoms with Crippen molar-refractivity contribution in [2.24, 2.45) is 0 Å². The van der Waals surface area contributed by atoms with Gasteiger partial charge in [-0.3, -0.25) is 9.10 Å². The molecule has 2 aromatic carbocycles. The van der Waals surface area contributed by atoms with E-state index in [0.29, 0.717) is 30.4 Å². The first-order valence-corrected chi connectivity index (χ1v) is 10.1. The number of halogens is 1. The summed E-state index contributed by atoms with van der Waals surface area (Å²) in [6.45, 7) is 2.23. The Bertz CT molecular complexity index is 964. The molecule has 0 bridgehead atoms. The molecule has 9 heteroatoms. The van der Waals surface area contributed by atoms with Gasteiger partial charge in [0.1, 0.15) is 25.1 Å². The van der Waals surface area contributed by atoms with Crippen LogP contribution in [0.3, 0.4) is 0 Å². The van der Waals surface area contributed by atoms with Crippen molar-refractivity contribution in [1.82, 2.24) is 0 Å². The molecule has 0 spiro atoms. The maximum Gasteiger partial charge on any atom is 0.247 e. The fraction of sp³-hybridized carbons (Fsp3) is 0.278. The van der Waals surface area contributed by atoms with E-state index in [4.69, 9.17) is 9.47 Å². The van der Waals surface area contributed by atoms with Gasteiger partial charge in [-0.25, -0.2) is 12.8 Å². The molecule has 144 valence electrons. The predicted molar refractivity (Wildman–Crippen MR) is 99.2 cm³/mol. The Hall–Kier alpha value is -2.81. The number of amides is 1. The van der Waals surface area contributed by atoms with Crippen LogP contribution in [0.2, 0.25) is 0 Å². The number of hydrogen-bond donors (Lipinski definition) is 1. The van der Waals surface area contributed by atoms with Crippen LogP contribution in [0, 0.1) is 5.82 Å². The van der Waals surface area contributed by atoms with Crippen LogP contribution in [0.5, 0.6) is 11.5 Å². The van der Waals surface area contributed by atoms with E-state index in [2.05, 4.69) is 5.32 Å². The highest BCUT2D eigenvalue weighted by molar-refractivity contribution is 7.92. The molecule has 1 heterocycles. The number of para-hydroxylation sites is 1. The molecule has 3 rings (SSSR count). The number of sulfonamides is 1. The highest BCUT2D eigenvalue weighted by Crippen LogP contribution is 2.33. The Morgan fingerprint density at radius 1 is 1.15 bits per heavy atom. The first-order chi connectivity index (χ1) is 12.8. The molecule has 0 aromatic heterocycles. The van der Waals surface area contributed by atoms with Gasteiger partial charge in [0.05, 0.1) is 11.9 Å². The summed E-state index contributed by atoms with van der Waals surface area (Å²) in [7, 11) is -3.90. The quantitative estimate of drug-likeness (QED) is 0.842.